The largest absolute Gasteiger partial charge is 0.381 e. The van der Waals surface area contributed by atoms with Crippen molar-refractivity contribution in [2.75, 3.05) is 32.1 Å². The standard InChI is InChI=1S/C16H25NO2S/c18-15(12-14-4-2-1-3-5-14)17-8-11-20-16(13-17)6-9-19-10-7-16/h2,4,14H,1,3,5-13H2. The van der Waals surface area contributed by atoms with Gasteiger partial charge in [0.05, 0.1) is 0 Å². The van der Waals surface area contributed by atoms with Gasteiger partial charge in [-0.1, -0.05) is 12.2 Å². The van der Waals surface area contributed by atoms with Crippen molar-refractivity contribution in [2.24, 2.45) is 5.92 Å². The van der Waals surface area contributed by atoms with Crippen LogP contribution in [0.2, 0.25) is 0 Å². The van der Waals surface area contributed by atoms with Crippen molar-refractivity contribution < 1.29 is 9.53 Å². The van der Waals surface area contributed by atoms with Gasteiger partial charge in [-0.15, -0.1) is 0 Å². The van der Waals surface area contributed by atoms with E-state index in [0.717, 1.165) is 44.9 Å². The number of carbonyl (C=O) groups is 1. The number of hydrogen-bond acceptors (Lipinski definition) is 3. The molecule has 3 nitrogen and oxygen atoms in total. The first-order chi connectivity index (χ1) is 9.77. The minimum atomic E-state index is 0.286. The smallest absolute Gasteiger partial charge is 0.223 e. The fourth-order valence-electron chi connectivity index (χ4n) is 3.51. The molecule has 1 atom stereocenters. The van der Waals surface area contributed by atoms with Gasteiger partial charge >= 0.3 is 0 Å². The lowest BCUT2D eigenvalue weighted by Gasteiger charge is -2.44. The van der Waals surface area contributed by atoms with Crippen LogP contribution in [0.1, 0.15) is 38.5 Å². The molecule has 112 valence electrons. The highest BCUT2D eigenvalue weighted by atomic mass is 32.2. The molecular weight excluding hydrogens is 270 g/mol. The van der Waals surface area contributed by atoms with Crippen molar-refractivity contribution in [2.45, 2.75) is 43.3 Å². The average Bonchev–Trinajstić information content (AvgIpc) is 2.49. The second-order valence-corrected chi connectivity index (χ2v) is 7.85. The molecule has 0 aromatic heterocycles. The molecule has 3 rings (SSSR count). The Morgan fingerprint density at radius 2 is 2.25 bits per heavy atom. The molecule has 1 amide bonds. The Morgan fingerprint density at radius 3 is 3.00 bits per heavy atom. The lowest BCUT2D eigenvalue weighted by Crippen LogP contribution is -2.51. The van der Waals surface area contributed by atoms with Crippen LogP contribution in [-0.2, 0) is 9.53 Å². The zero-order chi connectivity index (χ0) is 13.8. The molecule has 0 saturated carbocycles. The molecule has 2 saturated heterocycles. The van der Waals surface area contributed by atoms with E-state index in [1.54, 1.807) is 0 Å². The van der Waals surface area contributed by atoms with Crippen molar-refractivity contribution >= 4 is 17.7 Å². The van der Waals surface area contributed by atoms with Crippen molar-refractivity contribution in [3.63, 3.8) is 0 Å². The van der Waals surface area contributed by atoms with E-state index >= 15 is 0 Å². The molecule has 0 bridgehead atoms. The van der Waals surface area contributed by atoms with Crippen LogP contribution in [0, 0.1) is 5.92 Å². The maximum Gasteiger partial charge on any atom is 0.223 e. The summed E-state index contributed by atoms with van der Waals surface area (Å²) in [4.78, 5) is 14.7. The highest BCUT2D eigenvalue weighted by Crippen LogP contribution is 2.39. The van der Waals surface area contributed by atoms with Crippen LogP contribution in [0.4, 0.5) is 0 Å². The van der Waals surface area contributed by atoms with Crippen LogP contribution in [0.15, 0.2) is 12.2 Å². The van der Waals surface area contributed by atoms with E-state index in [1.165, 1.54) is 19.3 Å². The quantitative estimate of drug-likeness (QED) is 0.734. The van der Waals surface area contributed by atoms with Crippen LogP contribution in [0.5, 0.6) is 0 Å². The van der Waals surface area contributed by atoms with Gasteiger partial charge in [0.1, 0.15) is 0 Å². The van der Waals surface area contributed by atoms with Crippen LogP contribution in [-0.4, -0.2) is 47.6 Å². The molecule has 1 unspecified atom stereocenters. The minimum Gasteiger partial charge on any atom is -0.381 e. The summed E-state index contributed by atoms with van der Waals surface area (Å²) in [5.41, 5.74) is 0. The second-order valence-electron chi connectivity index (χ2n) is 6.28. The fourth-order valence-corrected chi connectivity index (χ4v) is 4.96. The summed E-state index contributed by atoms with van der Waals surface area (Å²) in [5, 5.41) is 0. The van der Waals surface area contributed by atoms with E-state index in [0.29, 0.717) is 18.2 Å². The molecule has 1 spiro atoms. The Bertz CT molecular complexity index is 371. The first-order valence-electron chi connectivity index (χ1n) is 7.94. The predicted octanol–water partition coefficient (Wildman–Crippen LogP) is 2.86. The van der Waals surface area contributed by atoms with Crippen LogP contribution < -0.4 is 0 Å². The monoisotopic (exact) mass is 295 g/mol. The van der Waals surface area contributed by atoms with Gasteiger partial charge in [0.25, 0.3) is 0 Å². The molecule has 4 heteroatoms. The van der Waals surface area contributed by atoms with E-state index in [9.17, 15) is 4.79 Å². The Hall–Kier alpha value is -0.480. The SMILES string of the molecule is O=C(CC1C=CCCC1)N1CCSC2(CCOCC2)C1. The van der Waals surface area contributed by atoms with Gasteiger partial charge < -0.3 is 9.64 Å². The lowest BCUT2D eigenvalue weighted by molar-refractivity contribution is -0.132. The van der Waals surface area contributed by atoms with E-state index in [4.69, 9.17) is 4.74 Å². The summed E-state index contributed by atoms with van der Waals surface area (Å²) >= 11 is 2.07. The molecule has 2 aliphatic heterocycles. The molecule has 20 heavy (non-hydrogen) atoms. The zero-order valence-electron chi connectivity index (χ0n) is 12.2. The van der Waals surface area contributed by atoms with E-state index in [-0.39, 0.29) is 4.75 Å². The first kappa shape index (κ1) is 14.5. The third-order valence-electron chi connectivity index (χ3n) is 4.80. The summed E-state index contributed by atoms with van der Waals surface area (Å²) in [6.07, 6.45) is 11.0. The fraction of sp³-hybridized carbons (Fsp3) is 0.812. The molecule has 2 heterocycles. The van der Waals surface area contributed by atoms with Gasteiger partial charge in [0.2, 0.25) is 5.91 Å². The normalized spacial score (nSPS) is 29.6. The van der Waals surface area contributed by atoms with Crippen molar-refractivity contribution in [3.8, 4) is 0 Å². The van der Waals surface area contributed by atoms with E-state index in [1.807, 2.05) is 0 Å². The average molecular weight is 295 g/mol. The van der Waals surface area contributed by atoms with Gasteiger partial charge in [0.15, 0.2) is 0 Å². The lowest BCUT2D eigenvalue weighted by atomic mass is 9.92. The Morgan fingerprint density at radius 1 is 1.40 bits per heavy atom. The number of rotatable bonds is 2. The summed E-state index contributed by atoms with van der Waals surface area (Å²) < 4.78 is 5.77. The van der Waals surface area contributed by atoms with Gasteiger partial charge in [-0.2, -0.15) is 11.8 Å². The van der Waals surface area contributed by atoms with Gasteiger partial charge in [0, 0.05) is 43.2 Å². The highest BCUT2D eigenvalue weighted by Gasteiger charge is 2.39. The van der Waals surface area contributed by atoms with Crippen molar-refractivity contribution in [1.82, 2.24) is 4.90 Å². The number of ether oxygens (including phenoxy) is 1. The molecule has 0 radical (unpaired) electrons. The molecule has 0 aromatic carbocycles. The van der Waals surface area contributed by atoms with Crippen LogP contribution >= 0.6 is 11.8 Å². The third-order valence-corrected chi connectivity index (χ3v) is 6.33. The van der Waals surface area contributed by atoms with E-state index < -0.39 is 0 Å². The number of nitrogens with zero attached hydrogens (tertiary/aromatic N) is 1. The predicted molar refractivity (Wildman–Crippen MR) is 82.9 cm³/mol. The molecule has 2 fully saturated rings. The summed E-state index contributed by atoms with van der Waals surface area (Å²) in [7, 11) is 0. The first-order valence-corrected chi connectivity index (χ1v) is 8.92. The Balaban J connectivity index is 1.57. The topological polar surface area (TPSA) is 29.5 Å². The van der Waals surface area contributed by atoms with Crippen molar-refractivity contribution in [1.29, 1.82) is 0 Å². The molecule has 0 aromatic rings. The molecule has 0 N–H and O–H groups in total. The van der Waals surface area contributed by atoms with Gasteiger partial charge in [-0.3, -0.25) is 4.79 Å². The Kier molecular flexibility index (Phi) is 4.72. The van der Waals surface area contributed by atoms with Crippen LogP contribution in [0.3, 0.4) is 0 Å². The maximum absolute atomic E-state index is 12.5. The van der Waals surface area contributed by atoms with Crippen molar-refractivity contribution in [3.05, 3.63) is 12.2 Å². The van der Waals surface area contributed by atoms with Gasteiger partial charge in [-0.05, 0) is 38.0 Å². The second kappa shape index (κ2) is 6.52. The highest BCUT2D eigenvalue weighted by molar-refractivity contribution is 8.00. The number of hydrogen-bond donors (Lipinski definition) is 0. The summed E-state index contributed by atoms with van der Waals surface area (Å²) in [6.45, 7) is 3.60. The Labute approximate surface area is 126 Å². The zero-order valence-corrected chi connectivity index (χ0v) is 13.0. The molecule has 3 aliphatic rings. The minimum absolute atomic E-state index is 0.286. The van der Waals surface area contributed by atoms with Gasteiger partial charge in [-0.25, -0.2) is 0 Å². The number of allylic oxidation sites excluding steroid dienone is 2. The number of carbonyl (C=O) groups excluding carboxylic acids is 1. The summed E-state index contributed by atoms with van der Waals surface area (Å²) in [6, 6.07) is 0. The molecular formula is C16H25NO2S. The summed E-state index contributed by atoms with van der Waals surface area (Å²) in [5.74, 6) is 1.94. The number of amides is 1. The maximum atomic E-state index is 12.5. The van der Waals surface area contributed by atoms with E-state index in [2.05, 4.69) is 28.8 Å². The number of thioether (sulfide) groups is 1. The molecule has 1 aliphatic carbocycles. The third kappa shape index (κ3) is 3.40. The van der Waals surface area contributed by atoms with Crippen LogP contribution in [0.25, 0.3) is 0 Å².